The first-order valence-corrected chi connectivity index (χ1v) is 26.0. The average Bonchev–Trinajstić information content (AvgIpc) is 3.28. The first-order chi connectivity index (χ1) is 31.3. The fourth-order valence-corrected chi connectivity index (χ4v) is 8.01. The molecule has 0 aliphatic heterocycles. The maximum Gasteiger partial charge on any atom is 0.472 e. The predicted molar refractivity (Wildman–Crippen MR) is 254 cm³/mol. The molecule has 374 valence electrons. The summed E-state index contributed by atoms with van der Waals surface area (Å²) in [6, 6.07) is 0. The molecule has 1 saturated carbocycles. The molecule has 6 N–H and O–H groups in total. The molecule has 15 heteroatoms. The summed E-state index contributed by atoms with van der Waals surface area (Å²) < 4.78 is 33.5. The molecule has 0 amide bonds. The molecule has 0 radical (unpaired) electrons. The Kier molecular flexibility index (Phi) is 36.4. The summed E-state index contributed by atoms with van der Waals surface area (Å²) in [5.74, 6) is -1.14. The van der Waals surface area contributed by atoms with Crippen LogP contribution in [0.2, 0.25) is 0 Å². The van der Waals surface area contributed by atoms with E-state index in [-0.39, 0.29) is 18.6 Å². The molecule has 0 heterocycles. The van der Waals surface area contributed by atoms with Gasteiger partial charge in [0.15, 0.2) is 11.9 Å². The Morgan fingerprint density at radius 2 is 0.969 bits per heavy atom. The van der Waals surface area contributed by atoms with Gasteiger partial charge in [-0.2, -0.15) is 0 Å². The highest BCUT2D eigenvalue weighted by Crippen LogP contribution is 2.47. The van der Waals surface area contributed by atoms with E-state index in [1.165, 1.54) is 44.9 Å². The van der Waals surface area contributed by atoms with E-state index in [1.54, 1.807) is 12.2 Å². The van der Waals surface area contributed by atoms with Gasteiger partial charge in [0.25, 0.3) is 0 Å². The van der Waals surface area contributed by atoms with Crippen molar-refractivity contribution in [2.75, 3.05) is 13.2 Å². The number of ketones is 1. The van der Waals surface area contributed by atoms with Crippen molar-refractivity contribution in [1.29, 1.82) is 0 Å². The fourth-order valence-electron chi connectivity index (χ4n) is 7.04. The van der Waals surface area contributed by atoms with Crippen LogP contribution in [0, 0.1) is 0 Å². The molecule has 14 nitrogen and oxygen atoms in total. The van der Waals surface area contributed by atoms with Crippen LogP contribution in [0.1, 0.15) is 181 Å². The van der Waals surface area contributed by atoms with Crippen molar-refractivity contribution in [3.8, 4) is 0 Å². The summed E-state index contributed by atoms with van der Waals surface area (Å²) in [5.41, 5.74) is 0. The van der Waals surface area contributed by atoms with Gasteiger partial charge < -0.3 is 39.9 Å². The van der Waals surface area contributed by atoms with Gasteiger partial charge in [0.2, 0.25) is 0 Å². The molecule has 65 heavy (non-hydrogen) atoms. The minimum atomic E-state index is -5.16. The third kappa shape index (κ3) is 31.8. The standard InChI is InChI=1S/C50H85O14P/c1-3-5-7-9-11-12-13-14-15-16-17-18-19-20-21-22-23-25-29-33-37-43(52)61-39-42(40-62-65(59,60)64-50-48(57)46(55)45(54)47(56)49(50)58)63-44(53)38-34-30-26-28-32-36-41(51)35-31-27-24-10-8-6-4-2/h12-13,15-16,18-19,24,27,31,35,42,45-50,54-58H,3-11,14,17,20-23,25-26,28-30,32-34,36-40H2,1-2H3,(H,59,60)/b13-12-,16-15-,19-18-,27-24-,35-31+/t42-,45?,46-,47+,48-,49-,50?/m1/s1. The highest BCUT2D eigenvalue weighted by atomic mass is 31.2. The SMILES string of the molecule is CCCCC/C=C\C=C\C(=O)CCCCCCCC(=O)O[C@H](COC(=O)CCCCCCCC/C=C\C/C=C\C/C=C\CCCCCC)COP(=O)(O)OC1[C@H](O)[C@H](O)C(O)[C@H](O)[C@H]1O. The van der Waals surface area contributed by atoms with Crippen LogP contribution in [-0.4, -0.2) is 104 Å². The normalized spacial score (nSPS) is 21.8. The number of phosphoric ester groups is 1. The number of unbranched alkanes of at least 4 members (excludes halogenated alkanes) is 17. The molecule has 1 fully saturated rings. The number of carbonyl (C=O) groups is 3. The minimum absolute atomic E-state index is 0.00753. The van der Waals surface area contributed by atoms with Gasteiger partial charge in [0, 0.05) is 19.3 Å². The molecule has 1 aliphatic rings. The predicted octanol–water partition coefficient (Wildman–Crippen LogP) is 9.29. The van der Waals surface area contributed by atoms with Crippen molar-refractivity contribution in [1.82, 2.24) is 0 Å². The monoisotopic (exact) mass is 941 g/mol. The molecule has 1 rings (SSSR count). The zero-order chi connectivity index (χ0) is 48.0. The van der Waals surface area contributed by atoms with Gasteiger partial charge >= 0.3 is 19.8 Å². The smallest absolute Gasteiger partial charge is 0.462 e. The molecule has 0 aromatic heterocycles. The van der Waals surface area contributed by atoms with Crippen LogP contribution in [0.15, 0.2) is 60.8 Å². The Balaban J connectivity index is 2.47. The zero-order valence-electron chi connectivity index (χ0n) is 39.5. The van der Waals surface area contributed by atoms with Crippen molar-refractivity contribution in [2.45, 2.75) is 224 Å². The topological polar surface area (TPSA) is 227 Å². The molecule has 3 unspecified atom stereocenters. The van der Waals surface area contributed by atoms with Gasteiger partial charge in [0.05, 0.1) is 6.61 Å². The fraction of sp³-hybridized carbons (Fsp3) is 0.740. The van der Waals surface area contributed by atoms with Crippen LogP contribution >= 0.6 is 7.82 Å². The third-order valence-electron chi connectivity index (χ3n) is 11.1. The number of ether oxygens (including phenoxy) is 2. The molecule has 8 atom stereocenters. The molecule has 0 saturated heterocycles. The van der Waals surface area contributed by atoms with E-state index < -0.39 is 75.7 Å². The Labute approximate surface area is 389 Å². The van der Waals surface area contributed by atoms with E-state index in [4.69, 9.17) is 18.5 Å². The number of hydrogen-bond acceptors (Lipinski definition) is 13. The lowest BCUT2D eigenvalue weighted by atomic mass is 9.85. The number of esters is 2. The number of allylic oxidation sites excluding steroid dienone is 10. The Morgan fingerprint density at radius 1 is 0.523 bits per heavy atom. The Hall–Kier alpha value is -2.78. The number of aliphatic hydroxyl groups excluding tert-OH is 5. The lowest BCUT2D eigenvalue weighted by Crippen LogP contribution is -2.64. The number of hydrogen-bond donors (Lipinski definition) is 6. The lowest BCUT2D eigenvalue weighted by Gasteiger charge is -2.41. The number of rotatable bonds is 40. The van der Waals surface area contributed by atoms with E-state index in [1.807, 2.05) is 6.08 Å². The van der Waals surface area contributed by atoms with Crippen molar-refractivity contribution < 1.29 is 67.9 Å². The van der Waals surface area contributed by atoms with Crippen molar-refractivity contribution in [3.63, 3.8) is 0 Å². The van der Waals surface area contributed by atoms with Gasteiger partial charge in [-0.05, 0) is 76.7 Å². The van der Waals surface area contributed by atoms with Gasteiger partial charge in [-0.25, -0.2) is 4.57 Å². The molecule has 0 spiro atoms. The molecule has 0 aromatic rings. The number of phosphoric acid groups is 1. The average molecular weight is 941 g/mol. The molecular formula is C50H85O14P. The van der Waals surface area contributed by atoms with Gasteiger partial charge in [-0.1, -0.05) is 146 Å². The summed E-state index contributed by atoms with van der Waals surface area (Å²) in [6.45, 7) is 3.12. The quantitative estimate of drug-likeness (QED) is 0.00841. The maximum atomic E-state index is 12.8. The third-order valence-corrected chi connectivity index (χ3v) is 12.0. The summed E-state index contributed by atoms with van der Waals surface area (Å²) in [6.07, 6.45) is 30.8. The van der Waals surface area contributed by atoms with Crippen molar-refractivity contribution in [3.05, 3.63) is 60.8 Å². The first-order valence-electron chi connectivity index (χ1n) is 24.5. The summed E-state index contributed by atoms with van der Waals surface area (Å²) in [5, 5.41) is 50.2. The Morgan fingerprint density at radius 3 is 1.55 bits per heavy atom. The van der Waals surface area contributed by atoms with Gasteiger partial charge in [0.1, 0.15) is 43.2 Å². The van der Waals surface area contributed by atoms with Crippen molar-refractivity contribution in [2.24, 2.45) is 0 Å². The summed E-state index contributed by atoms with van der Waals surface area (Å²) in [4.78, 5) is 47.9. The van der Waals surface area contributed by atoms with E-state index in [0.717, 1.165) is 83.5 Å². The number of aliphatic hydroxyl groups is 5. The second-order valence-electron chi connectivity index (χ2n) is 17.0. The molecule has 1 aliphatic carbocycles. The lowest BCUT2D eigenvalue weighted by molar-refractivity contribution is -0.220. The van der Waals surface area contributed by atoms with Gasteiger partial charge in [-0.3, -0.25) is 23.4 Å². The first kappa shape index (κ1) is 60.2. The van der Waals surface area contributed by atoms with Crippen LogP contribution in [0.5, 0.6) is 0 Å². The van der Waals surface area contributed by atoms with Crippen LogP contribution in [0.25, 0.3) is 0 Å². The van der Waals surface area contributed by atoms with Crippen LogP contribution in [0.4, 0.5) is 0 Å². The highest BCUT2D eigenvalue weighted by molar-refractivity contribution is 7.47. The number of carbonyl (C=O) groups excluding carboxylic acids is 3. The largest absolute Gasteiger partial charge is 0.472 e. The van der Waals surface area contributed by atoms with Crippen LogP contribution in [0.3, 0.4) is 0 Å². The zero-order valence-corrected chi connectivity index (χ0v) is 40.4. The van der Waals surface area contributed by atoms with E-state index in [2.05, 4.69) is 56.4 Å². The Bertz CT molecular complexity index is 1430. The minimum Gasteiger partial charge on any atom is -0.462 e. The second kappa shape index (κ2) is 39.2. The van der Waals surface area contributed by atoms with Crippen LogP contribution in [-0.2, 0) is 37.5 Å². The molecule has 0 aromatic carbocycles. The van der Waals surface area contributed by atoms with E-state index in [9.17, 15) is 49.4 Å². The summed E-state index contributed by atoms with van der Waals surface area (Å²) >= 11 is 0. The molecular weight excluding hydrogens is 856 g/mol. The highest BCUT2D eigenvalue weighted by Gasteiger charge is 2.51. The van der Waals surface area contributed by atoms with Crippen LogP contribution < -0.4 is 0 Å². The second-order valence-corrected chi connectivity index (χ2v) is 18.4. The molecule has 0 bridgehead atoms. The maximum absolute atomic E-state index is 12.8. The van der Waals surface area contributed by atoms with Crippen molar-refractivity contribution >= 4 is 25.5 Å². The van der Waals surface area contributed by atoms with E-state index in [0.29, 0.717) is 25.7 Å². The van der Waals surface area contributed by atoms with E-state index >= 15 is 0 Å². The summed E-state index contributed by atoms with van der Waals surface area (Å²) in [7, 11) is -5.16. The van der Waals surface area contributed by atoms with Gasteiger partial charge in [-0.15, -0.1) is 0 Å².